The van der Waals surface area contributed by atoms with Gasteiger partial charge in [-0.15, -0.1) is 0 Å². The second kappa shape index (κ2) is 4.30. The summed E-state index contributed by atoms with van der Waals surface area (Å²) in [6.45, 7) is 0. The first kappa shape index (κ1) is 11.6. The molecule has 1 aliphatic carbocycles. The third-order valence-corrected chi connectivity index (χ3v) is 4.24. The molecule has 18 heavy (non-hydrogen) atoms. The van der Waals surface area contributed by atoms with Crippen LogP contribution in [0, 0.1) is 0 Å². The van der Waals surface area contributed by atoms with Crippen LogP contribution in [0.3, 0.4) is 0 Å². The Labute approximate surface area is 107 Å². The maximum Gasteiger partial charge on any atom is 0.303 e. The molecule has 1 aliphatic heterocycles. The monoisotopic (exact) mass is 246 g/mol. The molecule has 1 fully saturated rings. The summed E-state index contributed by atoms with van der Waals surface area (Å²) in [5.74, 6) is 0.285. The summed E-state index contributed by atoms with van der Waals surface area (Å²) >= 11 is 0. The molecule has 1 aromatic rings. The highest BCUT2D eigenvalue weighted by Gasteiger charge is 2.43. The molecule has 1 saturated carbocycles. The molecule has 3 nitrogen and oxygen atoms in total. The van der Waals surface area contributed by atoms with E-state index >= 15 is 0 Å². The van der Waals surface area contributed by atoms with Crippen molar-refractivity contribution in [3.8, 4) is 5.75 Å². The van der Waals surface area contributed by atoms with E-state index in [1.165, 1.54) is 12.8 Å². The normalized spacial score (nSPS) is 24.6. The van der Waals surface area contributed by atoms with Crippen molar-refractivity contribution in [1.82, 2.24) is 0 Å². The van der Waals surface area contributed by atoms with Gasteiger partial charge in [0.2, 0.25) is 0 Å². The van der Waals surface area contributed by atoms with Crippen LogP contribution < -0.4 is 4.74 Å². The van der Waals surface area contributed by atoms with Crippen molar-refractivity contribution in [2.45, 2.75) is 50.0 Å². The molecule has 1 heterocycles. The molecule has 3 heteroatoms. The van der Waals surface area contributed by atoms with Gasteiger partial charge in [-0.3, -0.25) is 4.79 Å². The lowest BCUT2D eigenvalue weighted by atomic mass is 9.80. The first-order chi connectivity index (χ1) is 8.69. The Morgan fingerprint density at radius 1 is 1.33 bits per heavy atom. The minimum Gasteiger partial charge on any atom is -0.487 e. The number of ether oxygens (including phenoxy) is 1. The average molecular weight is 246 g/mol. The lowest BCUT2D eigenvalue weighted by Crippen LogP contribution is -2.38. The summed E-state index contributed by atoms with van der Waals surface area (Å²) in [4.78, 5) is 11.0. The number of carbonyl (C=O) groups is 1. The summed E-state index contributed by atoms with van der Waals surface area (Å²) in [6, 6.07) is 7.91. The summed E-state index contributed by atoms with van der Waals surface area (Å²) in [5.41, 5.74) is 0.978. The molecule has 96 valence electrons. The van der Waals surface area contributed by atoms with E-state index in [4.69, 9.17) is 9.84 Å². The van der Waals surface area contributed by atoms with Gasteiger partial charge >= 0.3 is 5.97 Å². The zero-order chi connectivity index (χ0) is 12.6. The average Bonchev–Trinajstić information content (AvgIpc) is 2.76. The van der Waals surface area contributed by atoms with Crippen molar-refractivity contribution in [3.63, 3.8) is 0 Å². The van der Waals surface area contributed by atoms with Gasteiger partial charge in [-0.1, -0.05) is 18.2 Å². The molecule has 1 atom stereocenters. The molecule has 1 unspecified atom stereocenters. The van der Waals surface area contributed by atoms with Crippen LogP contribution in [0.1, 0.15) is 50.0 Å². The summed E-state index contributed by atoms with van der Waals surface area (Å²) < 4.78 is 6.20. The summed E-state index contributed by atoms with van der Waals surface area (Å²) in [7, 11) is 0. The predicted molar refractivity (Wildman–Crippen MR) is 67.9 cm³/mol. The van der Waals surface area contributed by atoms with Gasteiger partial charge < -0.3 is 9.84 Å². The molecular weight excluding hydrogens is 228 g/mol. The predicted octanol–water partition coefficient (Wildman–Crippen LogP) is 3.34. The number of carboxylic acids is 1. The number of rotatable bonds is 2. The van der Waals surface area contributed by atoms with Crippen molar-refractivity contribution < 1.29 is 14.6 Å². The second-order valence-corrected chi connectivity index (χ2v) is 5.53. The number of aliphatic carboxylic acids is 1. The van der Waals surface area contributed by atoms with Crippen molar-refractivity contribution in [2.24, 2.45) is 0 Å². The Morgan fingerprint density at radius 2 is 2.06 bits per heavy atom. The van der Waals surface area contributed by atoms with Gasteiger partial charge in [-0.25, -0.2) is 0 Å². The van der Waals surface area contributed by atoms with Crippen LogP contribution in [-0.2, 0) is 4.79 Å². The highest BCUT2D eigenvalue weighted by atomic mass is 16.5. The Hall–Kier alpha value is -1.51. The topological polar surface area (TPSA) is 46.5 Å². The van der Waals surface area contributed by atoms with Crippen LogP contribution in [-0.4, -0.2) is 16.7 Å². The molecule has 0 bridgehead atoms. The summed E-state index contributed by atoms with van der Waals surface area (Å²) in [5, 5.41) is 9.08. The quantitative estimate of drug-likeness (QED) is 0.870. The van der Waals surface area contributed by atoms with Gasteiger partial charge in [0.1, 0.15) is 11.4 Å². The van der Waals surface area contributed by atoms with E-state index < -0.39 is 5.97 Å². The van der Waals surface area contributed by atoms with Crippen LogP contribution in [0.4, 0.5) is 0 Å². The number of fused-ring (bicyclic) bond motifs is 1. The number of carboxylic acid groups (broad SMARTS) is 1. The van der Waals surface area contributed by atoms with Gasteiger partial charge in [0.25, 0.3) is 0 Å². The van der Waals surface area contributed by atoms with Crippen molar-refractivity contribution >= 4 is 5.97 Å². The fraction of sp³-hybridized carbons (Fsp3) is 0.533. The molecule has 0 saturated heterocycles. The lowest BCUT2D eigenvalue weighted by Gasteiger charge is -2.39. The first-order valence-corrected chi connectivity index (χ1v) is 6.68. The van der Waals surface area contributed by atoms with Gasteiger partial charge in [-0.05, 0) is 43.7 Å². The van der Waals surface area contributed by atoms with E-state index in [0.717, 1.165) is 30.6 Å². The molecular formula is C15H18O3. The fourth-order valence-corrected chi connectivity index (χ4v) is 3.46. The van der Waals surface area contributed by atoms with Gasteiger partial charge in [-0.2, -0.15) is 0 Å². The van der Waals surface area contributed by atoms with E-state index in [1.54, 1.807) is 0 Å². The van der Waals surface area contributed by atoms with E-state index in [9.17, 15) is 4.79 Å². The number of para-hydroxylation sites is 1. The highest BCUT2D eigenvalue weighted by molar-refractivity contribution is 5.68. The van der Waals surface area contributed by atoms with E-state index in [1.807, 2.05) is 24.3 Å². The van der Waals surface area contributed by atoms with Gasteiger partial charge in [0, 0.05) is 5.92 Å². The Kier molecular flexibility index (Phi) is 2.77. The summed E-state index contributed by atoms with van der Waals surface area (Å²) in [6.07, 6.45) is 5.59. The molecule has 0 radical (unpaired) electrons. The molecule has 0 aromatic heterocycles. The second-order valence-electron chi connectivity index (χ2n) is 5.53. The maximum atomic E-state index is 11.0. The first-order valence-electron chi connectivity index (χ1n) is 6.68. The minimum absolute atomic E-state index is 0.0888. The van der Waals surface area contributed by atoms with E-state index in [-0.39, 0.29) is 17.9 Å². The van der Waals surface area contributed by atoms with E-state index in [2.05, 4.69) is 0 Å². The molecule has 0 amide bonds. The standard InChI is InChI=1S/C15H18O3/c16-14(17)9-11-10-15(7-3-4-8-15)18-13-6-2-1-5-12(11)13/h1-2,5-6,11H,3-4,7-10H2,(H,16,17). The van der Waals surface area contributed by atoms with Crippen molar-refractivity contribution in [2.75, 3.05) is 0 Å². The Morgan fingerprint density at radius 3 is 2.78 bits per heavy atom. The number of hydrogen-bond donors (Lipinski definition) is 1. The van der Waals surface area contributed by atoms with Gasteiger partial charge in [0.05, 0.1) is 6.42 Å². The molecule has 1 N–H and O–H groups in total. The van der Waals surface area contributed by atoms with Crippen LogP contribution in [0.15, 0.2) is 24.3 Å². The smallest absolute Gasteiger partial charge is 0.303 e. The molecule has 3 rings (SSSR count). The van der Waals surface area contributed by atoms with Crippen molar-refractivity contribution in [3.05, 3.63) is 29.8 Å². The van der Waals surface area contributed by atoms with Crippen molar-refractivity contribution in [1.29, 1.82) is 0 Å². The SMILES string of the molecule is O=C(O)CC1CC2(CCCC2)Oc2ccccc21. The minimum atomic E-state index is -0.718. The van der Waals surface area contributed by atoms with Crippen LogP contribution in [0.5, 0.6) is 5.75 Å². The third kappa shape index (κ3) is 1.98. The molecule has 1 spiro atoms. The fourth-order valence-electron chi connectivity index (χ4n) is 3.46. The number of benzene rings is 1. The van der Waals surface area contributed by atoms with Crippen LogP contribution in [0.2, 0.25) is 0 Å². The third-order valence-electron chi connectivity index (χ3n) is 4.24. The largest absolute Gasteiger partial charge is 0.487 e. The Bertz CT molecular complexity index is 461. The number of hydrogen-bond acceptors (Lipinski definition) is 2. The highest BCUT2D eigenvalue weighted by Crippen LogP contribution is 2.48. The Balaban J connectivity index is 1.95. The maximum absolute atomic E-state index is 11.0. The lowest BCUT2D eigenvalue weighted by molar-refractivity contribution is -0.137. The van der Waals surface area contributed by atoms with Crippen LogP contribution >= 0.6 is 0 Å². The van der Waals surface area contributed by atoms with Crippen LogP contribution in [0.25, 0.3) is 0 Å². The molecule has 2 aliphatic rings. The van der Waals surface area contributed by atoms with E-state index in [0.29, 0.717) is 0 Å². The zero-order valence-corrected chi connectivity index (χ0v) is 10.4. The van der Waals surface area contributed by atoms with Gasteiger partial charge in [0.15, 0.2) is 0 Å². The molecule has 1 aromatic carbocycles. The zero-order valence-electron chi connectivity index (χ0n) is 10.4.